The third-order valence-corrected chi connectivity index (χ3v) is 7.53. The molecule has 1 atom stereocenters. The molecule has 6 rings (SSSR count). The van der Waals surface area contributed by atoms with Crippen LogP contribution in [-0.2, 0) is 4.79 Å². The van der Waals surface area contributed by atoms with Gasteiger partial charge in [-0.15, -0.1) is 0 Å². The van der Waals surface area contributed by atoms with Crippen molar-refractivity contribution in [1.29, 1.82) is 0 Å². The number of carbonyl (C=O) groups is 1. The highest BCUT2D eigenvalue weighted by atomic mass is 79.9. The second kappa shape index (κ2) is 8.48. The van der Waals surface area contributed by atoms with Crippen molar-refractivity contribution in [2.75, 3.05) is 12.1 Å². The lowest BCUT2D eigenvalue weighted by Crippen LogP contribution is -2.25. The van der Waals surface area contributed by atoms with Gasteiger partial charge in [-0.25, -0.2) is 9.97 Å². The molecule has 0 spiro atoms. The third-order valence-electron chi connectivity index (χ3n) is 5.72. The van der Waals surface area contributed by atoms with Crippen LogP contribution in [0.25, 0.3) is 27.6 Å². The second-order valence-corrected chi connectivity index (χ2v) is 9.97. The summed E-state index contributed by atoms with van der Waals surface area (Å²) >= 11 is 5.00. The number of para-hydroxylation sites is 2. The number of anilines is 1. The lowest BCUT2D eigenvalue weighted by molar-refractivity contribution is -0.115. The van der Waals surface area contributed by atoms with Crippen LogP contribution < -0.4 is 14.8 Å². The van der Waals surface area contributed by atoms with Gasteiger partial charge in [0.2, 0.25) is 12.7 Å². The number of hydrogen-bond donors (Lipinski definition) is 1. The number of fused-ring (bicyclic) bond motifs is 6. The van der Waals surface area contributed by atoms with E-state index >= 15 is 0 Å². The molecule has 34 heavy (non-hydrogen) atoms. The Hall–Kier alpha value is -3.30. The molecule has 3 heterocycles. The molecule has 0 aliphatic carbocycles. The van der Waals surface area contributed by atoms with Crippen LogP contribution >= 0.6 is 27.7 Å². The van der Waals surface area contributed by atoms with Crippen molar-refractivity contribution in [2.45, 2.75) is 23.8 Å². The monoisotopic (exact) mass is 534 g/mol. The summed E-state index contributed by atoms with van der Waals surface area (Å²) in [6.45, 7) is 2.19. The van der Waals surface area contributed by atoms with Crippen LogP contribution in [0.15, 0.2) is 70.3 Å². The first-order chi connectivity index (χ1) is 16.6. The molecule has 0 saturated carbocycles. The third kappa shape index (κ3) is 3.65. The van der Waals surface area contributed by atoms with Gasteiger partial charge in [0.15, 0.2) is 16.7 Å². The van der Waals surface area contributed by atoms with Crippen LogP contribution in [0, 0.1) is 0 Å². The van der Waals surface area contributed by atoms with E-state index in [-0.39, 0.29) is 18.0 Å². The van der Waals surface area contributed by atoms with Gasteiger partial charge in [0.1, 0.15) is 5.65 Å². The number of nitrogens with one attached hydrogen (secondary N) is 1. The van der Waals surface area contributed by atoms with E-state index in [0.717, 1.165) is 37.2 Å². The summed E-state index contributed by atoms with van der Waals surface area (Å²) in [6, 6.07) is 19.3. The Morgan fingerprint density at radius 3 is 2.82 bits per heavy atom. The minimum Gasteiger partial charge on any atom is -0.454 e. The zero-order valence-corrected chi connectivity index (χ0v) is 20.5. The number of amides is 1. The quantitative estimate of drug-likeness (QED) is 0.219. The Bertz CT molecular complexity index is 1590. The van der Waals surface area contributed by atoms with E-state index in [1.165, 1.54) is 11.8 Å². The zero-order chi connectivity index (χ0) is 23.2. The fourth-order valence-electron chi connectivity index (χ4n) is 4.06. The van der Waals surface area contributed by atoms with Crippen molar-refractivity contribution < 1.29 is 14.3 Å². The molecule has 1 amide bonds. The fourth-order valence-corrected chi connectivity index (χ4v) is 5.45. The van der Waals surface area contributed by atoms with E-state index in [1.54, 1.807) is 12.1 Å². The molecular weight excluding hydrogens is 516 g/mol. The Labute approximate surface area is 207 Å². The molecule has 1 aliphatic heterocycles. The van der Waals surface area contributed by atoms with Crippen molar-refractivity contribution in [3.63, 3.8) is 0 Å². The number of rotatable bonds is 5. The van der Waals surface area contributed by atoms with Gasteiger partial charge in [-0.2, -0.15) is 0 Å². The highest BCUT2D eigenvalue weighted by molar-refractivity contribution is 9.10. The van der Waals surface area contributed by atoms with Crippen LogP contribution in [-0.4, -0.2) is 32.3 Å². The van der Waals surface area contributed by atoms with Crippen molar-refractivity contribution in [3.05, 3.63) is 65.1 Å². The van der Waals surface area contributed by atoms with Gasteiger partial charge in [0.05, 0.1) is 21.8 Å². The van der Waals surface area contributed by atoms with E-state index < -0.39 is 0 Å². The van der Waals surface area contributed by atoms with Crippen molar-refractivity contribution in [2.24, 2.45) is 0 Å². The van der Waals surface area contributed by atoms with Gasteiger partial charge < -0.3 is 14.8 Å². The second-order valence-electron chi connectivity index (χ2n) is 7.89. The van der Waals surface area contributed by atoms with Crippen LogP contribution in [0.3, 0.4) is 0 Å². The number of nitrogens with zero attached hydrogens (tertiary/aromatic N) is 3. The molecule has 0 unspecified atom stereocenters. The van der Waals surface area contributed by atoms with Crippen molar-refractivity contribution in [1.82, 2.24) is 14.4 Å². The normalized spacial score (nSPS) is 13.6. The first kappa shape index (κ1) is 21.2. The maximum atomic E-state index is 13.2. The molecule has 3 aromatic carbocycles. The molecule has 5 aromatic rings. The number of imidazole rings is 1. The highest BCUT2D eigenvalue weighted by Crippen LogP contribution is 2.36. The molecule has 1 aliphatic rings. The summed E-state index contributed by atoms with van der Waals surface area (Å²) in [6.07, 6.45) is 0.634. The van der Waals surface area contributed by atoms with Crippen LogP contribution in [0.2, 0.25) is 0 Å². The first-order valence-electron chi connectivity index (χ1n) is 10.8. The Morgan fingerprint density at radius 2 is 1.94 bits per heavy atom. The van der Waals surface area contributed by atoms with E-state index in [1.807, 2.05) is 59.9 Å². The number of benzene rings is 3. The van der Waals surface area contributed by atoms with Crippen LogP contribution in [0.1, 0.15) is 13.3 Å². The maximum absolute atomic E-state index is 13.2. The molecule has 0 bridgehead atoms. The minimum absolute atomic E-state index is 0.0957. The number of carbonyl (C=O) groups excluding carboxylic acids is 1. The Morgan fingerprint density at radius 1 is 1.09 bits per heavy atom. The van der Waals surface area contributed by atoms with Gasteiger partial charge >= 0.3 is 0 Å². The predicted molar refractivity (Wildman–Crippen MR) is 137 cm³/mol. The molecule has 1 N–H and O–H groups in total. The SMILES string of the molecule is CC[C@H](Sc1nc2ccc(Br)cc2c2nc3ccccc3n12)C(=O)Nc1ccc2c(c1)OCO2. The lowest BCUT2D eigenvalue weighted by atomic mass is 10.2. The van der Waals surface area contributed by atoms with Gasteiger partial charge in [0.25, 0.3) is 0 Å². The Kier molecular flexibility index (Phi) is 5.30. The zero-order valence-electron chi connectivity index (χ0n) is 18.1. The largest absolute Gasteiger partial charge is 0.454 e. The molecular formula is C25H19BrN4O3S. The Balaban J connectivity index is 1.40. The topological polar surface area (TPSA) is 77.8 Å². The standard InChI is InChI=1S/C25H19BrN4O3S/c1-2-22(24(31)27-15-8-10-20-21(12-15)33-13-32-20)34-25-29-17-9-7-14(26)11-16(17)23-28-18-5-3-4-6-19(18)30(23)25/h3-12,22H,2,13H2,1H3,(H,27,31)/t22-/m0/s1. The summed E-state index contributed by atoms with van der Waals surface area (Å²) in [4.78, 5) is 23.1. The van der Waals surface area contributed by atoms with Gasteiger partial charge in [-0.1, -0.05) is 46.7 Å². The average molecular weight is 535 g/mol. The summed E-state index contributed by atoms with van der Waals surface area (Å²) in [5, 5.41) is 4.34. The van der Waals surface area contributed by atoms with E-state index in [2.05, 4.69) is 21.2 Å². The molecule has 0 fully saturated rings. The number of hydrogen-bond acceptors (Lipinski definition) is 6. The number of thioether (sulfide) groups is 1. The smallest absolute Gasteiger partial charge is 0.237 e. The van der Waals surface area contributed by atoms with Gasteiger partial charge in [-0.3, -0.25) is 9.20 Å². The molecule has 2 aromatic heterocycles. The van der Waals surface area contributed by atoms with Crippen molar-refractivity contribution >= 4 is 66.9 Å². The molecule has 9 heteroatoms. The molecule has 0 radical (unpaired) electrons. The maximum Gasteiger partial charge on any atom is 0.237 e. The summed E-state index contributed by atoms with van der Waals surface area (Å²) in [5.74, 6) is 1.22. The highest BCUT2D eigenvalue weighted by Gasteiger charge is 2.23. The predicted octanol–water partition coefficient (Wildman–Crippen LogP) is 6.04. The number of halogens is 1. The average Bonchev–Trinajstić information content (AvgIpc) is 3.47. The summed E-state index contributed by atoms with van der Waals surface area (Å²) < 4.78 is 13.8. The molecule has 7 nitrogen and oxygen atoms in total. The van der Waals surface area contributed by atoms with Gasteiger partial charge in [0, 0.05) is 21.6 Å². The summed E-state index contributed by atoms with van der Waals surface area (Å²) in [5.41, 5.74) is 4.17. The van der Waals surface area contributed by atoms with E-state index in [9.17, 15) is 4.79 Å². The first-order valence-corrected chi connectivity index (χ1v) is 12.5. The van der Waals surface area contributed by atoms with Crippen LogP contribution in [0.4, 0.5) is 5.69 Å². The number of ether oxygens (including phenoxy) is 2. The van der Waals surface area contributed by atoms with E-state index in [0.29, 0.717) is 23.6 Å². The lowest BCUT2D eigenvalue weighted by Gasteiger charge is -2.16. The van der Waals surface area contributed by atoms with Crippen molar-refractivity contribution in [3.8, 4) is 11.5 Å². The van der Waals surface area contributed by atoms with E-state index in [4.69, 9.17) is 19.4 Å². The number of aromatic nitrogens is 3. The minimum atomic E-state index is -0.352. The molecule has 170 valence electrons. The summed E-state index contributed by atoms with van der Waals surface area (Å²) in [7, 11) is 0. The van der Waals surface area contributed by atoms with Crippen LogP contribution in [0.5, 0.6) is 11.5 Å². The fraction of sp³-hybridized carbons (Fsp3) is 0.160. The molecule has 0 saturated heterocycles. The van der Waals surface area contributed by atoms with Gasteiger partial charge in [-0.05, 0) is 48.9 Å².